The standard InChI is InChI=1S/C19H25NO2S/c1-15(17-10-12-18(13-11-17)19(2,3)4)20-23(21,22)14-16-8-6-5-7-9-16/h5-13,15,20H,14H2,1-4H3/t15-/m1/s1. The van der Waals surface area contributed by atoms with Gasteiger partial charge in [0.2, 0.25) is 10.0 Å². The highest BCUT2D eigenvalue weighted by Gasteiger charge is 2.18. The first-order chi connectivity index (χ1) is 10.7. The lowest BCUT2D eigenvalue weighted by Gasteiger charge is -2.20. The van der Waals surface area contributed by atoms with Crippen molar-refractivity contribution in [3.05, 3.63) is 71.3 Å². The molecular weight excluding hydrogens is 306 g/mol. The maximum atomic E-state index is 12.3. The molecule has 1 atom stereocenters. The van der Waals surface area contributed by atoms with Crippen molar-refractivity contribution >= 4 is 10.0 Å². The van der Waals surface area contributed by atoms with E-state index in [0.29, 0.717) is 0 Å². The molecule has 2 rings (SSSR count). The number of nitrogens with one attached hydrogen (secondary N) is 1. The molecule has 0 aliphatic carbocycles. The van der Waals surface area contributed by atoms with Crippen molar-refractivity contribution in [1.29, 1.82) is 0 Å². The Balaban J connectivity index is 2.07. The third-order valence-corrected chi connectivity index (χ3v) is 5.26. The first-order valence-electron chi connectivity index (χ1n) is 7.82. The Bertz CT molecular complexity index is 729. The predicted molar refractivity (Wildman–Crippen MR) is 95.8 cm³/mol. The topological polar surface area (TPSA) is 46.2 Å². The predicted octanol–water partition coefficient (Wildman–Crippen LogP) is 4.16. The summed E-state index contributed by atoms with van der Waals surface area (Å²) in [6.07, 6.45) is 0. The highest BCUT2D eigenvalue weighted by Crippen LogP contribution is 2.24. The fourth-order valence-electron chi connectivity index (χ4n) is 2.44. The van der Waals surface area contributed by atoms with Gasteiger partial charge in [-0.1, -0.05) is 75.4 Å². The second-order valence-corrected chi connectivity index (χ2v) is 8.71. The molecule has 2 aromatic rings. The molecule has 4 heteroatoms. The average molecular weight is 331 g/mol. The molecule has 0 saturated heterocycles. The molecule has 0 bridgehead atoms. The van der Waals surface area contributed by atoms with Gasteiger partial charge in [0, 0.05) is 6.04 Å². The molecular formula is C19H25NO2S. The van der Waals surface area contributed by atoms with Gasteiger partial charge >= 0.3 is 0 Å². The molecule has 0 aliphatic heterocycles. The van der Waals surface area contributed by atoms with E-state index in [1.807, 2.05) is 49.4 Å². The van der Waals surface area contributed by atoms with Gasteiger partial charge in [0.05, 0.1) is 5.75 Å². The molecule has 0 spiro atoms. The Hall–Kier alpha value is -1.65. The van der Waals surface area contributed by atoms with Crippen LogP contribution < -0.4 is 4.72 Å². The quantitative estimate of drug-likeness (QED) is 0.894. The van der Waals surface area contributed by atoms with Gasteiger partial charge in [-0.3, -0.25) is 0 Å². The number of rotatable bonds is 5. The smallest absolute Gasteiger partial charge is 0.212 e. The molecule has 124 valence electrons. The molecule has 0 radical (unpaired) electrons. The lowest BCUT2D eigenvalue weighted by Crippen LogP contribution is -2.28. The molecule has 2 aromatic carbocycles. The van der Waals surface area contributed by atoms with Gasteiger partial charge in [-0.15, -0.1) is 0 Å². The van der Waals surface area contributed by atoms with Crippen LogP contribution in [0.4, 0.5) is 0 Å². The molecule has 0 aromatic heterocycles. The van der Waals surface area contributed by atoms with Gasteiger partial charge in [0.1, 0.15) is 0 Å². The van der Waals surface area contributed by atoms with Crippen molar-refractivity contribution in [3.63, 3.8) is 0 Å². The van der Waals surface area contributed by atoms with E-state index in [9.17, 15) is 8.42 Å². The summed E-state index contributed by atoms with van der Waals surface area (Å²) in [5, 5.41) is 0. The molecule has 23 heavy (non-hydrogen) atoms. The van der Waals surface area contributed by atoms with E-state index in [-0.39, 0.29) is 17.2 Å². The molecule has 0 fully saturated rings. The second-order valence-electron chi connectivity index (χ2n) is 6.96. The van der Waals surface area contributed by atoms with Gasteiger partial charge in [-0.2, -0.15) is 0 Å². The monoisotopic (exact) mass is 331 g/mol. The summed E-state index contributed by atoms with van der Waals surface area (Å²) in [7, 11) is -3.37. The molecule has 0 heterocycles. The largest absolute Gasteiger partial charge is 0.216 e. The van der Waals surface area contributed by atoms with Crippen LogP contribution in [-0.2, 0) is 21.2 Å². The maximum Gasteiger partial charge on any atom is 0.216 e. The third-order valence-electron chi connectivity index (χ3n) is 3.83. The van der Waals surface area contributed by atoms with Crippen molar-refractivity contribution in [3.8, 4) is 0 Å². The van der Waals surface area contributed by atoms with Crippen LogP contribution in [0, 0.1) is 0 Å². The Kier molecular flexibility index (Phi) is 5.27. The first kappa shape index (κ1) is 17.7. The van der Waals surface area contributed by atoms with E-state index < -0.39 is 10.0 Å². The van der Waals surface area contributed by atoms with Gasteiger partial charge in [0.15, 0.2) is 0 Å². The van der Waals surface area contributed by atoms with Crippen LogP contribution in [0.1, 0.15) is 50.4 Å². The van der Waals surface area contributed by atoms with Crippen molar-refractivity contribution in [2.45, 2.75) is 44.9 Å². The van der Waals surface area contributed by atoms with Crippen LogP contribution >= 0.6 is 0 Å². The highest BCUT2D eigenvalue weighted by atomic mass is 32.2. The fourth-order valence-corrected chi connectivity index (χ4v) is 3.83. The lowest BCUT2D eigenvalue weighted by molar-refractivity contribution is 0.565. The van der Waals surface area contributed by atoms with Crippen molar-refractivity contribution in [1.82, 2.24) is 4.72 Å². The minimum Gasteiger partial charge on any atom is -0.212 e. The lowest BCUT2D eigenvalue weighted by atomic mass is 9.86. The Morgan fingerprint density at radius 1 is 0.957 bits per heavy atom. The summed E-state index contributed by atoms with van der Waals surface area (Å²) in [6.45, 7) is 8.35. The second kappa shape index (κ2) is 6.85. The summed E-state index contributed by atoms with van der Waals surface area (Å²) in [5.41, 5.74) is 3.08. The molecule has 1 N–H and O–H groups in total. The zero-order valence-electron chi connectivity index (χ0n) is 14.2. The number of sulfonamides is 1. The van der Waals surface area contributed by atoms with Gasteiger partial charge < -0.3 is 0 Å². The molecule has 0 unspecified atom stereocenters. The third kappa shape index (κ3) is 5.19. The molecule has 0 saturated carbocycles. The van der Waals surface area contributed by atoms with Gasteiger partial charge in [-0.25, -0.2) is 13.1 Å². The number of benzene rings is 2. The van der Waals surface area contributed by atoms with Crippen LogP contribution in [0.2, 0.25) is 0 Å². The normalized spacial score (nSPS) is 13.7. The van der Waals surface area contributed by atoms with E-state index >= 15 is 0 Å². The SMILES string of the molecule is C[C@@H](NS(=O)(=O)Cc1ccccc1)c1ccc(C(C)(C)C)cc1. The van der Waals surface area contributed by atoms with E-state index in [4.69, 9.17) is 0 Å². The first-order valence-corrected chi connectivity index (χ1v) is 9.47. The Morgan fingerprint density at radius 3 is 2.04 bits per heavy atom. The number of hydrogen-bond donors (Lipinski definition) is 1. The highest BCUT2D eigenvalue weighted by molar-refractivity contribution is 7.88. The summed E-state index contributed by atoms with van der Waals surface area (Å²) in [5.74, 6) is -0.00173. The minimum atomic E-state index is -3.37. The minimum absolute atomic E-state index is 0.00173. The fraction of sp³-hybridized carbons (Fsp3) is 0.368. The summed E-state index contributed by atoms with van der Waals surface area (Å²) >= 11 is 0. The summed E-state index contributed by atoms with van der Waals surface area (Å²) in [6, 6.07) is 17.1. The van der Waals surface area contributed by atoms with E-state index in [2.05, 4.69) is 37.6 Å². The van der Waals surface area contributed by atoms with Crippen LogP contribution in [0.25, 0.3) is 0 Å². The van der Waals surface area contributed by atoms with Crippen LogP contribution in [-0.4, -0.2) is 8.42 Å². The molecule has 0 aliphatic rings. The zero-order chi connectivity index (χ0) is 17.1. The average Bonchev–Trinajstić information content (AvgIpc) is 2.46. The van der Waals surface area contributed by atoms with E-state index in [1.165, 1.54) is 5.56 Å². The van der Waals surface area contributed by atoms with Gasteiger partial charge in [0.25, 0.3) is 0 Å². The van der Waals surface area contributed by atoms with Crippen molar-refractivity contribution < 1.29 is 8.42 Å². The number of hydrogen-bond acceptors (Lipinski definition) is 2. The Labute approximate surface area is 139 Å². The van der Waals surface area contributed by atoms with Crippen molar-refractivity contribution in [2.75, 3.05) is 0 Å². The maximum absolute atomic E-state index is 12.3. The Morgan fingerprint density at radius 2 is 1.52 bits per heavy atom. The van der Waals surface area contributed by atoms with Crippen LogP contribution in [0.3, 0.4) is 0 Å². The summed E-state index contributed by atoms with van der Waals surface area (Å²) in [4.78, 5) is 0. The zero-order valence-corrected chi connectivity index (χ0v) is 15.0. The van der Waals surface area contributed by atoms with Crippen molar-refractivity contribution in [2.24, 2.45) is 0 Å². The summed E-state index contributed by atoms with van der Waals surface area (Å²) < 4.78 is 27.3. The van der Waals surface area contributed by atoms with Crippen LogP contribution in [0.15, 0.2) is 54.6 Å². The van der Waals surface area contributed by atoms with Gasteiger partial charge in [-0.05, 0) is 29.0 Å². The van der Waals surface area contributed by atoms with Crippen LogP contribution in [0.5, 0.6) is 0 Å². The molecule has 0 amide bonds. The van der Waals surface area contributed by atoms with E-state index in [1.54, 1.807) is 0 Å². The van der Waals surface area contributed by atoms with E-state index in [0.717, 1.165) is 11.1 Å². The molecule has 3 nitrogen and oxygen atoms in total.